The second kappa shape index (κ2) is 20.0. The molecule has 5 aromatic rings. The van der Waals surface area contributed by atoms with E-state index in [4.69, 9.17) is 24.7 Å². The van der Waals surface area contributed by atoms with Crippen molar-refractivity contribution in [2.24, 2.45) is 15.0 Å². The molecule has 0 amide bonds. The van der Waals surface area contributed by atoms with Gasteiger partial charge in [0.15, 0.2) is 0 Å². The number of nitrogens with zero attached hydrogens (tertiary/aromatic N) is 4. The molecule has 0 aliphatic carbocycles. The first kappa shape index (κ1) is 56.6. The van der Waals surface area contributed by atoms with Crippen molar-refractivity contribution in [3.05, 3.63) is 212 Å². The van der Waals surface area contributed by atoms with E-state index in [0.29, 0.717) is 34.1 Å². The van der Waals surface area contributed by atoms with E-state index >= 15 is 0 Å². The molecule has 0 saturated carbocycles. The molecule has 1 aromatic heterocycles. The molecule has 0 N–H and O–H groups in total. The van der Waals surface area contributed by atoms with Crippen LogP contribution in [0.2, 0.25) is 0 Å². The minimum atomic E-state index is -0.168. The molecule has 9 rings (SSSR count). The smallest absolute Gasteiger partial charge is 0.877 e. The van der Waals surface area contributed by atoms with E-state index in [1.807, 2.05) is 30.3 Å². The molecule has 4 aliphatic rings. The van der Waals surface area contributed by atoms with Gasteiger partial charge in [0.25, 0.3) is 0 Å². The zero-order valence-electron chi connectivity index (χ0n) is 49.0. The summed E-state index contributed by atoms with van der Waals surface area (Å²) in [5, 5.41) is 14.0. The normalized spacial score (nSPS) is 16.8. The number of hydrogen-bond donors (Lipinski definition) is 0. The number of ether oxygens (including phenoxy) is 1. The van der Waals surface area contributed by atoms with E-state index in [0.717, 1.165) is 73.6 Å². The SMILES string of the molecule is COc1cccc(C2=CC3=C(c4cc(C(C)(C)C)cc(C(C)(C)C)c4)C4=NC(=C(c5cc(C(C)(C)C)cc(C(C)(C)C)c5)C5=NC(=C(c6cc(C(C)(C)C)cc(C(C)(C)C)c6)c6ccc([n-]6)C(=C[O-])C2=N3)C=C5)C=C4)c1.[Ni+2]. The van der Waals surface area contributed by atoms with Crippen LogP contribution in [0, 0.1) is 0 Å². The Balaban J connectivity index is 0.00000784. The van der Waals surface area contributed by atoms with Crippen molar-refractivity contribution in [1.29, 1.82) is 0 Å². The molecular formula is C70H78N4NiO2. The van der Waals surface area contributed by atoms with Gasteiger partial charge >= 0.3 is 16.5 Å². The van der Waals surface area contributed by atoms with Gasteiger partial charge in [0.05, 0.1) is 41.3 Å². The summed E-state index contributed by atoms with van der Waals surface area (Å²) in [4.78, 5) is 22.5. The van der Waals surface area contributed by atoms with Crippen LogP contribution in [0.3, 0.4) is 0 Å². The average Bonchev–Trinajstić information content (AvgIpc) is 4.23. The van der Waals surface area contributed by atoms with Crippen LogP contribution >= 0.6 is 0 Å². The van der Waals surface area contributed by atoms with Crippen LogP contribution in [0.4, 0.5) is 0 Å². The maximum absolute atomic E-state index is 14.0. The molecule has 4 aliphatic heterocycles. The van der Waals surface area contributed by atoms with Crippen molar-refractivity contribution in [2.75, 3.05) is 7.11 Å². The topological polar surface area (TPSA) is 83.5 Å². The van der Waals surface area contributed by atoms with Crippen LogP contribution in [0.1, 0.15) is 192 Å². The predicted octanol–water partition coefficient (Wildman–Crippen LogP) is 16.3. The maximum Gasteiger partial charge on any atom is 2.00 e. The largest absolute Gasteiger partial charge is 2.00 e. The number of hydrogen-bond acceptors (Lipinski definition) is 5. The molecule has 0 spiro atoms. The summed E-state index contributed by atoms with van der Waals surface area (Å²) in [7, 11) is 1.67. The molecule has 0 fully saturated rings. The van der Waals surface area contributed by atoms with Gasteiger partial charge in [-0.25, -0.2) is 15.0 Å². The Kier molecular flexibility index (Phi) is 14.7. The number of allylic oxidation sites excluding steroid dienone is 9. The van der Waals surface area contributed by atoms with Gasteiger partial charge in [0.1, 0.15) is 5.75 Å². The van der Waals surface area contributed by atoms with E-state index in [2.05, 4.69) is 216 Å². The number of methoxy groups -OCH3 is 1. The number of rotatable bonds is 5. The monoisotopic (exact) mass is 1060 g/mol. The van der Waals surface area contributed by atoms with Crippen molar-refractivity contribution in [3.8, 4) is 5.75 Å². The van der Waals surface area contributed by atoms with Gasteiger partial charge in [-0.3, -0.25) is 0 Å². The van der Waals surface area contributed by atoms with Gasteiger partial charge in [0, 0.05) is 16.7 Å². The minimum absolute atomic E-state index is 0. The zero-order chi connectivity index (χ0) is 55.2. The van der Waals surface area contributed by atoms with Crippen LogP contribution in [0.15, 0.2) is 160 Å². The van der Waals surface area contributed by atoms with Gasteiger partial charge in [0.2, 0.25) is 0 Å². The quantitative estimate of drug-likeness (QED) is 0.130. The number of fused-ring (bicyclic) bond motifs is 5. The third-order valence-electron chi connectivity index (χ3n) is 15.1. The zero-order valence-corrected chi connectivity index (χ0v) is 50.0. The van der Waals surface area contributed by atoms with Crippen LogP contribution in [0.25, 0.3) is 27.9 Å². The summed E-state index contributed by atoms with van der Waals surface area (Å²) in [5.41, 5.74) is 19.8. The molecule has 8 bridgehead atoms. The fourth-order valence-electron chi connectivity index (χ4n) is 10.1. The maximum atomic E-state index is 14.0. The summed E-state index contributed by atoms with van der Waals surface area (Å²) < 4.78 is 5.81. The fourth-order valence-corrected chi connectivity index (χ4v) is 10.1. The van der Waals surface area contributed by atoms with Crippen LogP contribution in [0.5, 0.6) is 5.75 Å². The third-order valence-corrected chi connectivity index (χ3v) is 15.1. The molecule has 400 valence electrons. The molecule has 0 unspecified atom stereocenters. The Morgan fingerprint density at radius 3 is 1.22 bits per heavy atom. The Hall–Kier alpha value is -6.56. The van der Waals surface area contributed by atoms with E-state index in [1.165, 1.54) is 33.4 Å². The fraction of sp³-hybridized carbons (Fsp3) is 0.357. The van der Waals surface area contributed by atoms with Crippen molar-refractivity contribution < 1.29 is 26.3 Å². The first-order valence-electron chi connectivity index (χ1n) is 27.0. The first-order chi connectivity index (χ1) is 35.3. The predicted molar refractivity (Wildman–Crippen MR) is 321 cm³/mol. The van der Waals surface area contributed by atoms with Crippen molar-refractivity contribution in [2.45, 2.75) is 157 Å². The Labute approximate surface area is 470 Å². The molecule has 0 atom stereocenters. The van der Waals surface area contributed by atoms with E-state index in [1.54, 1.807) is 7.11 Å². The second-order valence-electron chi connectivity index (χ2n) is 27.3. The standard InChI is InChI=1S/C70H79N4O2.Ni/c1-65(2,3)45-29-42(30-46(36-45)66(4,5)6)61-55-24-23-54(71-55)53(40-75)64-52(41-21-20-22-51(35-41)76-19)39-60(74-64)63(44-33-49(69(13,14)15)38-50(34-44)70(16,17)18)59-28-27-58(73-59)62(57-26-25-56(61)72-57)43-31-47(67(7,8)9)37-48(32-43)68(10,11)12;/h20-40H,1-19H3,(H-,71,72,73,74,75);/q-1;+2/p-1. The van der Waals surface area contributed by atoms with Gasteiger partial charge in [-0.1, -0.05) is 203 Å². The van der Waals surface area contributed by atoms with Gasteiger partial charge < -0.3 is 14.8 Å². The summed E-state index contributed by atoms with van der Waals surface area (Å²) in [6, 6.07) is 33.0. The van der Waals surface area contributed by atoms with Crippen LogP contribution in [-0.4, -0.2) is 24.2 Å². The van der Waals surface area contributed by atoms with Crippen molar-refractivity contribution in [1.82, 2.24) is 4.98 Å². The van der Waals surface area contributed by atoms with E-state index < -0.39 is 0 Å². The van der Waals surface area contributed by atoms with Crippen LogP contribution in [-0.2, 0) is 49.0 Å². The summed E-state index contributed by atoms with van der Waals surface area (Å²) >= 11 is 0. The first-order valence-corrected chi connectivity index (χ1v) is 27.0. The molecule has 5 heterocycles. The molecular weight excluding hydrogens is 987 g/mol. The average molecular weight is 1070 g/mol. The van der Waals surface area contributed by atoms with Gasteiger partial charge in [-0.05, 0) is 142 Å². The summed E-state index contributed by atoms with van der Waals surface area (Å²) in [6.07, 6.45) is 11.6. The van der Waals surface area contributed by atoms with Crippen molar-refractivity contribution >= 4 is 45.0 Å². The number of aliphatic imine (C=N–C) groups is 3. The Bertz CT molecular complexity index is 3450. The molecule has 0 radical (unpaired) electrons. The van der Waals surface area contributed by atoms with Crippen molar-refractivity contribution in [3.63, 3.8) is 0 Å². The molecule has 0 saturated heterocycles. The van der Waals surface area contributed by atoms with Crippen LogP contribution < -0.4 is 14.8 Å². The van der Waals surface area contributed by atoms with E-state index in [9.17, 15) is 5.11 Å². The van der Waals surface area contributed by atoms with Gasteiger partial charge in [-0.15, -0.1) is 17.6 Å². The molecule has 6 nitrogen and oxygen atoms in total. The molecule has 4 aromatic carbocycles. The number of benzene rings is 4. The minimum Gasteiger partial charge on any atom is -0.877 e. The molecule has 7 heteroatoms. The number of aromatic nitrogens is 1. The Morgan fingerprint density at radius 2 is 0.818 bits per heavy atom. The van der Waals surface area contributed by atoms with Gasteiger partial charge in [-0.2, -0.15) is 0 Å². The third kappa shape index (κ3) is 11.4. The summed E-state index contributed by atoms with van der Waals surface area (Å²) in [6.45, 7) is 40.9. The summed E-state index contributed by atoms with van der Waals surface area (Å²) in [5.74, 6) is 0.700. The molecule has 77 heavy (non-hydrogen) atoms. The van der Waals surface area contributed by atoms with E-state index in [-0.39, 0.29) is 49.0 Å². The second-order valence-corrected chi connectivity index (χ2v) is 27.3. The Morgan fingerprint density at radius 1 is 0.429 bits per heavy atom.